The lowest BCUT2D eigenvalue weighted by molar-refractivity contribution is -0.130. The molecule has 0 atom stereocenters. The molecule has 1 aromatic heterocycles. The minimum Gasteiger partial charge on any atom is -0.341 e. The van der Waals surface area contributed by atoms with Crippen molar-refractivity contribution in [2.45, 2.75) is 19.4 Å². The zero-order chi connectivity index (χ0) is 15.2. The zero-order valence-electron chi connectivity index (χ0n) is 11.7. The van der Waals surface area contributed by atoms with E-state index in [1.54, 1.807) is 36.5 Å². The van der Waals surface area contributed by atoms with Crippen LogP contribution >= 0.6 is 15.9 Å². The highest BCUT2D eigenvalue weighted by Crippen LogP contribution is 2.17. The molecule has 0 unspecified atom stereocenters. The fourth-order valence-corrected chi connectivity index (χ4v) is 2.40. The van der Waals surface area contributed by atoms with Gasteiger partial charge in [0, 0.05) is 42.4 Å². The molecule has 1 heterocycles. The van der Waals surface area contributed by atoms with Crippen LogP contribution in [0.5, 0.6) is 0 Å². The van der Waals surface area contributed by atoms with E-state index in [4.69, 9.17) is 0 Å². The smallest absolute Gasteiger partial charge is 0.222 e. The Labute approximate surface area is 131 Å². The molecule has 2 rings (SSSR count). The number of halogens is 2. The van der Waals surface area contributed by atoms with Crippen molar-refractivity contribution in [2.24, 2.45) is 0 Å². The number of nitrogens with zero attached hydrogens (tertiary/aromatic N) is 2. The van der Waals surface area contributed by atoms with Crippen molar-refractivity contribution in [3.8, 4) is 0 Å². The predicted octanol–water partition coefficient (Wildman–Crippen LogP) is 3.57. The molecule has 110 valence electrons. The summed E-state index contributed by atoms with van der Waals surface area (Å²) in [7, 11) is 1.69. The van der Waals surface area contributed by atoms with E-state index in [2.05, 4.69) is 20.9 Å². The molecule has 5 heteroatoms. The molecule has 0 saturated heterocycles. The van der Waals surface area contributed by atoms with E-state index in [0.29, 0.717) is 18.4 Å². The summed E-state index contributed by atoms with van der Waals surface area (Å²) < 4.78 is 14.5. The summed E-state index contributed by atoms with van der Waals surface area (Å²) in [5, 5.41) is 0. The first-order chi connectivity index (χ1) is 10.1. The van der Waals surface area contributed by atoms with Crippen molar-refractivity contribution >= 4 is 21.8 Å². The van der Waals surface area contributed by atoms with E-state index < -0.39 is 0 Å². The number of pyridine rings is 1. The van der Waals surface area contributed by atoms with Crippen LogP contribution in [-0.2, 0) is 17.8 Å². The second-order valence-electron chi connectivity index (χ2n) is 4.85. The van der Waals surface area contributed by atoms with Crippen LogP contribution in [0.1, 0.15) is 17.5 Å². The molecule has 1 amide bonds. The number of benzene rings is 1. The Bertz CT molecular complexity index is 619. The van der Waals surface area contributed by atoms with Crippen LogP contribution < -0.4 is 0 Å². The van der Waals surface area contributed by atoms with Crippen LogP contribution in [0.15, 0.2) is 47.2 Å². The molecule has 2 aromatic rings. The maximum absolute atomic E-state index is 13.7. The number of carbonyl (C=O) groups excluding carboxylic acids is 1. The van der Waals surface area contributed by atoms with Crippen molar-refractivity contribution in [3.05, 3.63) is 64.1 Å². The molecule has 3 nitrogen and oxygen atoms in total. The SMILES string of the molecule is CN(Cc1cc(Br)ccc1F)C(=O)CCc1cccnc1. The van der Waals surface area contributed by atoms with Crippen molar-refractivity contribution in [1.82, 2.24) is 9.88 Å². The number of rotatable bonds is 5. The highest BCUT2D eigenvalue weighted by Gasteiger charge is 2.12. The summed E-state index contributed by atoms with van der Waals surface area (Å²) in [6.07, 6.45) is 4.48. The van der Waals surface area contributed by atoms with Gasteiger partial charge in [-0.3, -0.25) is 9.78 Å². The average molecular weight is 351 g/mol. The number of aromatic nitrogens is 1. The second kappa shape index (κ2) is 7.31. The Hall–Kier alpha value is -1.75. The molecule has 0 aliphatic rings. The molecule has 0 radical (unpaired) electrons. The van der Waals surface area contributed by atoms with Gasteiger partial charge in [-0.1, -0.05) is 22.0 Å². The van der Waals surface area contributed by atoms with Gasteiger partial charge in [0.05, 0.1) is 0 Å². The van der Waals surface area contributed by atoms with Crippen LogP contribution in [0.4, 0.5) is 4.39 Å². The third-order valence-corrected chi connectivity index (χ3v) is 3.68. The Morgan fingerprint density at radius 2 is 2.19 bits per heavy atom. The van der Waals surface area contributed by atoms with Gasteiger partial charge in [0.15, 0.2) is 0 Å². The van der Waals surface area contributed by atoms with Gasteiger partial charge in [-0.25, -0.2) is 4.39 Å². The number of hydrogen-bond acceptors (Lipinski definition) is 2. The zero-order valence-corrected chi connectivity index (χ0v) is 13.3. The lowest BCUT2D eigenvalue weighted by Crippen LogP contribution is -2.26. The number of amides is 1. The summed E-state index contributed by atoms with van der Waals surface area (Å²) in [5.74, 6) is -0.316. The van der Waals surface area contributed by atoms with Crippen LogP contribution in [0.2, 0.25) is 0 Å². The first-order valence-electron chi connectivity index (χ1n) is 6.63. The normalized spacial score (nSPS) is 10.4. The van der Waals surface area contributed by atoms with E-state index in [-0.39, 0.29) is 18.3 Å². The van der Waals surface area contributed by atoms with Crippen molar-refractivity contribution < 1.29 is 9.18 Å². The average Bonchev–Trinajstić information content (AvgIpc) is 2.49. The van der Waals surface area contributed by atoms with Gasteiger partial charge in [0.2, 0.25) is 5.91 Å². The third kappa shape index (κ3) is 4.63. The Balaban J connectivity index is 1.92. The largest absolute Gasteiger partial charge is 0.341 e. The van der Waals surface area contributed by atoms with Gasteiger partial charge in [-0.05, 0) is 36.2 Å². The topological polar surface area (TPSA) is 33.2 Å². The Kier molecular flexibility index (Phi) is 5.44. The van der Waals surface area contributed by atoms with Crippen molar-refractivity contribution in [3.63, 3.8) is 0 Å². The van der Waals surface area contributed by atoms with E-state index >= 15 is 0 Å². The lowest BCUT2D eigenvalue weighted by atomic mass is 10.1. The highest BCUT2D eigenvalue weighted by molar-refractivity contribution is 9.10. The summed E-state index contributed by atoms with van der Waals surface area (Å²) in [5.41, 5.74) is 1.52. The standard InChI is InChI=1S/C16H16BrFN2O/c1-20(11-13-9-14(17)5-6-15(13)18)16(21)7-4-12-3-2-8-19-10-12/h2-3,5-6,8-10H,4,7,11H2,1H3. The summed E-state index contributed by atoms with van der Waals surface area (Å²) >= 11 is 3.31. The summed E-state index contributed by atoms with van der Waals surface area (Å²) in [6.45, 7) is 0.261. The van der Waals surface area contributed by atoms with Gasteiger partial charge < -0.3 is 4.90 Å². The van der Waals surface area contributed by atoms with Crippen molar-refractivity contribution in [1.29, 1.82) is 0 Å². The van der Waals surface area contributed by atoms with Crippen LogP contribution in [0.3, 0.4) is 0 Å². The molecule has 0 spiro atoms. The first kappa shape index (κ1) is 15.6. The molecular formula is C16H16BrFN2O. The van der Waals surface area contributed by atoms with Crippen LogP contribution in [0, 0.1) is 5.82 Å². The number of aryl methyl sites for hydroxylation is 1. The van der Waals surface area contributed by atoms with E-state index in [1.165, 1.54) is 6.07 Å². The molecule has 0 fully saturated rings. The van der Waals surface area contributed by atoms with Gasteiger partial charge in [-0.15, -0.1) is 0 Å². The summed E-state index contributed by atoms with van der Waals surface area (Å²) in [4.78, 5) is 17.6. The fraction of sp³-hybridized carbons (Fsp3) is 0.250. The monoisotopic (exact) mass is 350 g/mol. The van der Waals surface area contributed by atoms with Gasteiger partial charge in [0.1, 0.15) is 5.82 Å². The molecular weight excluding hydrogens is 335 g/mol. The number of carbonyl (C=O) groups is 1. The predicted molar refractivity (Wildman–Crippen MR) is 83.1 cm³/mol. The fourth-order valence-electron chi connectivity index (χ4n) is 2.00. The van der Waals surface area contributed by atoms with E-state index in [1.807, 2.05) is 12.1 Å². The third-order valence-electron chi connectivity index (χ3n) is 3.19. The van der Waals surface area contributed by atoms with Gasteiger partial charge in [-0.2, -0.15) is 0 Å². The molecule has 0 aliphatic carbocycles. The molecule has 0 saturated carbocycles. The van der Waals surface area contributed by atoms with Crippen LogP contribution in [-0.4, -0.2) is 22.8 Å². The van der Waals surface area contributed by atoms with Gasteiger partial charge in [0.25, 0.3) is 0 Å². The van der Waals surface area contributed by atoms with E-state index in [9.17, 15) is 9.18 Å². The molecule has 21 heavy (non-hydrogen) atoms. The quantitative estimate of drug-likeness (QED) is 0.825. The maximum Gasteiger partial charge on any atom is 0.222 e. The molecule has 1 aromatic carbocycles. The second-order valence-corrected chi connectivity index (χ2v) is 5.76. The van der Waals surface area contributed by atoms with Crippen molar-refractivity contribution in [2.75, 3.05) is 7.05 Å². The first-order valence-corrected chi connectivity index (χ1v) is 7.42. The van der Waals surface area contributed by atoms with Gasteiger partial charge >= 0.3 is 0 Å². The summed E-state index contributed by atoms with van der Waals surface area (Å²) in [6, 6.07) is 8.52. The minimum atomic E-state index is -0.301. The van der Waals surface area contributed by atoms with Crippen LogP contribution in [0.25, 0.3) is 0 Å². The molecule has 0 bridgehead atoms. The highest BCUT2D eigenvalue weighted by atomic mass is 79.9. The minimum absolute atomic E-state index is 0.0155. The maximum atomic E-state index is 13.7. The molecule has 0 N–H and O–H groups in total. The molecule has 0 aliphatic heterocycles. The van der Waals surface area contributed by atoms with E-state index in [0.717, 1.165) is 10.0 Å². The Morgan fingerprint density at radius 3 is 2.90 bits per heavy atom. The lowest BCUT2D eigenvalue weighted by Gasteiger charge is -2.18. The number of hydrogen-bond donors (Lipinski definition) is 0. The Morgan fingerprint density at radius 1 is 1.38 bits per heavy atom.